The van der Waals surface area contributed by atoms with Crippen LogP contribution in [-0.4, -0.2) is 37.2 Å². The van der Waals surface area contributed by atoms with Crippen molar-refractivity contribution in [2.45, 2.75) is 277 Å². The largest absolute Gasteiger partial charge is 0.462 e. The molecule has 0 fully saturated rings. The van der Waals surface area contributed by atoms with Gasteiger partial charge in [0.25, 0.3) is 0 Å². The zero-order chi connectivity index (χ0) is 43.7. The summed E-state index contributed by atoms with van der Waals surface area (Å²) in [5.41, 5.74) is 0. The fraction of sp³-hybridized carbons (Fsp3) is 0.833. The number of carbonyl (C=O) groups excluding carboxylic acids is 3. The van der Waals surface area contributed by atoms with Gasteiger partial charge in [0, 0.05) is 19.3 Å². The van der Waals surface area contributed by atoms with Gasteiger partial charge in [-0.2, -0.15) is 0 Å². The molecular weight excluding hydrogens is 745 g/mol. The molecule has 0 aromatic carbocycles. The van der Waals surface area contributed by atoms with Crippen molar-refractivity contribution in [1.29, 1.82) is 0 Å². The van der Waals surface area contributed by atoms with E-state index in [9.17, 15) is 14.4 Å². The summed E-state index contributed by atoms with van der Waals surface area (Å²) in [5, 5.41) is 0. The summed E-state index contributed by atoms with van der Waals surface area (Å²) in [6.07, 6.45) is 57.0. The van der Waals surface area contributed by atoms with Gasteiger partial charge in [0.15, 0.2) is 6.10 Å². The van der Waals surface area contributed by atoms with Crippen LogP contribution in [0.5, 0.6) is 0 Å². The summed E-state index contributed by atoms with van der Waals surface area (Å²) in [7, 11) is 0. The summed E-state index contributed by atoms with van der Waals surface area (Å²) in [6, 6.07) is 0. The highest BCUT2D eigenvalue weighted by atomic mass is 16.6. The van der Waals surface area contributed by atoms with Crippen molar-refractivity contribution in [1.82, 2.24) is 0 Å². The Hall–Kier alpha value is -2.37. The van der Waals surface area contributed by atoms with E-state index in [0.717, 1.165) is 70.6 Å². The molecule has 0 heterocycles. The Kier molecular flexibility index (Phi) is 47.3. The van der Waals surface area contributed by atoms with Crippen molar-refractivity contribution < 1.29 is 28.6 Å². The number of rotatable bonds is 47. The minimum atomic E-state index is -0.780. The second-order valence-electron chi connectivity index (χ2n) is 17.5. The van der Waals surface area contributed by atoms with Gasteiger partial charge in [0.2, 0.25) is 0 Å². The lowest BCUT2D eigenvalue weighted by Crippen LogP contribution is -2.30. The molecule has 0 amide bonds. The lowest BCUT2D eigenvalue weighted by atomic mass is 10.0. The van der Waals surface area contributed by atoms with Crippen LogP contribution < -0.4 is 0 Å². The molecule has 0 aliphatic rings. The van der Waals surface area contributed by atoms with E-state index in [0.29, 0.717) is 19.3 Å². The van der Waals surface area contributed by atoms with Crippen molar-refractivity contribution in [3.63, 3.8) is 0 Å². The minimum absolute atomic E-state index is 0.0801. The quantitative estimate of drug-likeness (QED) is 0.0200. The molecule has 6 heteroatoms. The monoisotopic (exact) mass is 843 g/mol. The second-order valence-corrected chi connectivity index (χ2v) is 17.5. The van der Waals surface area contributed by atoms with Crippen LogP contribution in [0, 0.1) is 0 Å². The average molecular weight is 843 g/mol. The van der Waals surface area contributed by atoms with Gasteiger partial charge < -0.3 is 14.2 Å². The third-order valence-electron chi connectivity index (χ3n) is 11.4. The predicted octanol–water partition coefficient (Wildman–Crippen LogP) is 16.9. The van der Waals surface area contributed by atoms with Gasteiger partial charge in [-0.3, -0.25) is 14.4 Å². The number of allylic oxidation sites excluding steroid dienone is 6. The Bertz CT molecular complexity index is 1020. The molecular formula is C54H98O6. The van der Waals surface area contributed by atoms with Crippen molar-refractivity contribution in [3.8, 4) is 0 Å². The number of unbranched alkanes of at least 4 members (excludes halogenated alkanes) is 31. The first-order valence-electron chi connectivity index (χ1n) is 26.0. The highest BCUT2D eigenvalue weighted by Gasteiger charge is 2.19. The minimum Gasteiger partial charge on any atom is -0.462 e. The number of carbonyl (C=O) groups is 3. The van der Waals surface area contributed by atoms with Crippen molar-refractivity contribution in [2.75, 3.05) is 13.2 Å². The highest BCUT2D eigenvalue weighted by molar-refractivity contribution is 5.71. The lowest BCUT2D eigenvalue weighted by Gasteiger charge is -2.18. The second kappa shape index (κ2) is 49.3. The first kappa shape index (κ1) is 57.6. The topological polar surface area (TPSA) is 78.9 Å². The molecule has 0 N–H and O–H groups in total. The molecule has 1 atom stereocenters. The van der Waals surface area contributed by atoms with E-state index in [-0.39, 0.29) is 31.1 Å². The van der Waals surface area contributed by atoms with Crippen LogP contribution >= 0.6 is 0 Å². The first-order chi connectivity index (χ1) is 29.5. The standard InChI is InChI=1S/C54H98O6/c1-4-7-10-13-16-19-22-24-26-27-28-30-32-35-38-41-44-47-53(56)59-50-51(49-58-52(55)46-43-40-37-34-31-21-18-15-12-9-6-3)60-54(57)48-45-42-39-36-33-29-25-23-20-17-14-11-8-5-2/h15,18,21,24,26,31,51H,4-14,16-17,19-20,22-23,25,27-30,32-50H2,1-3H3/b18-15-,26-24-,31-21-. The molecule has 0 aliphatic heterocycles. The van der Waals surface area contributed by atoms with Crippen LogP contribution in [0.25, 0.3) is 0 Å². The molecule has 0 aromatic rings. The molecule has 0 saturated carbocycles. The van der Waals surface area contributed by atoms with Crippen LogP contribution in [0.1, 0.15) is 271 Å². The third-order valence-corrected chi connectivity index (χ3v) is 11.4. The summed E-state index contributed by atoms with van der Waals surface area (Å²) in [5.74, 6) is -0.903. The van der Waals surface area contributed by atoms with Gasteiger partial charge in [-0.25, -0.2) is 0 Å². The summed E-state index contributed by atoms with van der Waals surface area (Å²) in [4.78, 5) is 37.9. The van der Waals surface area contributed by atoms with Crippen molar-refractivity contribution in [2.24, 2.45) is 0 Å². The van der Waals surface area contributed by atoms with Crippen LogP contribution in [0.2, 0.25) is 0 Å². The Morgan fingerprint density at radius 3 is 1.00 bits per heavy atom. The molecule has 350 valence electrons. The summed E-state index contributed by atoms with van der Waals surface area (Å²) in [6.45, 7) is 6.57. The van der Waals surface area contributed by atoms with Gasteiger partial charge >= 0.3 is 17.9 Å². The lowest BCUT2D eigenvalue weighted by molar-refractivity contribution is -0.167. The van der Waals surface area contributed by atoms with E-state index in [1.165, 1.54) is 161 Å². The number of hydrogen-bond donors (Lipinski definition) is 0. The Morgan fingerprint density at radius 2 is 0.617 bits per heavy atom. The molecule has 0 spiro atoms. The fourth-order valence-electron chi connectivity index (χ4n) is 7.41. The first-order valence-corrected chi connectivity index (χ1v) is 26.0. The van der Waals surface area contributed by atoms with Gasteiger partial charge in [0.05, 0.1) is 0 Å². The smallest absolute Gasteiger partial charge is 0.306 e. The maximum atomic E-state index is 12.8. The molecule has 6 nitrogen and oxygen atoms in total. The van der Waals surface area contributed by atoms with Crippen LogP contribution in [0.4, 0.5) is 0 Å². The molecule has 0 bridgehead atoms. The van der Waals surface area contributed by atoms with Crippen LogP contribution in [0.15, 0.2) is 36.5 Å². The van der Waals surface area contributed by atoms with Gasteiger partial charge in [-0.05, 0) is 64.2 Å². The van der Waals surface area contributed by atoms with Gasteiger partial charge in [0.1, 0.15) is 13.2 Å². The molecule has 0 aromatic heterocycles. The van der Waals surface area contributed by atoms with Crippen LogP contribution in [0.3, 0.4) is 0 Å². The predicted molar refractivity (Wildman–Crippen MR) is 256 cm³/mol. The zero-order valence-corrected chi connectivity index (χ0v) is 40.0. The molecule has 0 radical (unpaired) electrons. The van der Waals surface area contributed by atoms with Gasteiger partial charge in [-0.15, -0.1) is 0 Å². The molecule has 60 heavy (non-hydrogen) atoms. The SMILES string of the molecule is CCCC/C=C\C=C/CCCCCC(=O)OCC(COC(=O)CCCCCCCCC/C=C\CCCCCCCC)OC(=O)CCCCCCCCCCCCCCCC. The van der Waals surface area contributed by atoms with Crippen molar-refractivity contribution >= 4 is 17.9 Å². The summed E-state index contributed by atoms with van der Waals surface area (Å²) >= 11 is 0. The average Bonchev–Trinajstić information content (AvgIpc) is 3.24. The van der Waals surface area contributed by atoms with E-state index in [1.807, 2.05) is 0 Å². The molecule has 0 saturated heterocycles. The van der Waals surface area contributed by atoms with E-state index >= 15 is 0 Å². The zero-order valence-electron chi connectivity index (χ0n) is 40.0. The molecule has 0 rings (SSSR count). The maximum absolute atomic E-state index is 12.8. The Morgan fingerprint density at radius 1 is 0.333 bits per heavy atom. The number of hydrogen-bond acceptors (Lipinski definition) is 6. The van der Waals surface area contributed by atoms with Gasteiger partial charge in [-0.1, -0.05) is 224 Å². The summed E-state index contributed by atoms with van der Waals surface area (Å²) < 4.78 is 16.8. The maximum Gasteiger partial charge on any atom is 0.306 e. The normalized spacial score (nSPS) is 12.2. The number of ether oxygens (including phenoxy) is 3. The van der Waals surface area contributed by atoms with E-state index < -0.39 is 6.10 Å². The van der Waals surface area contributed by atoms with E-state index in [1.54, 1.807) is 0 Å². The van der Waals surface area contributed by atoms with Crippen molar-refractivity contribution in [3.05, 3.63) is 36.5 Å². The Balaban J connectivity index is 4.35. The molecule has 1 unspecified atom stereocenters. The van der Waals surface area contributed by atoms with E-state index in [4.69, 9.17) is 14.2 Å². The number of esters is 3. The highest BCUT2D eigenvalue weighted by Crippen LogP contribution is 2.15. The molecule has 0 aliphatic carbocycles. The van der Waals surface area contributed by atoms with Crippen LogP contribution in [-0.2, 0) is 28.6 Å². The van der Waals surface area contributed by atoms with E-state index in [2.05, 4.69) is 57.2 Å². The third kappa shape index (κ3) is 46.7. The fourth-order valence-corrected chi connectivity index (χ4v) is 7.41. The Labute approximate surface area is 372 Å².